The van der Waals surface area contributed by atoms with E-state index in [9.17, 15) is 19.7 Å². The molecule has 3 aromatic rings. The molecule has 1 aliphatic heterocycles. The smallest absolute Gasteiger partial charge is 0.355 e. The van der Waals surface area contributed by atoms with Gasteiger partial charge in [-0.15, -0.1) is 0 Å². The molecule has 4 rings (SSSR count). The Bertz CT molecular complexity index is 1250. The first kappa shape index (κ1) is 20.7. The highest BCUT2D eigenvalue weighted by Gasteiger charge is 2.38. The van der Waals surface area contributed by atoms with E-state index in [1.807, 2.05) is 0 Å². The summed E-state index contributed by atoms with van der Waals surface area (Å²) in [5.74, 6) is -0.732. The zero-order chi connectivity index (χ0) is 22.8. The summed E-state index contributed by atoms with van der Waals surface area (Å²) in [4.78, 5) is 36.8. The lowest BCUT2D eigenvalue weighted by Crippen LogP contribution is -2.33. The van der Waals surface area contributed by atoms with Gasteiger partial charge in [-0.3, -0.25) is 14.9 Å². The number of esters is 1. The molecule has 2 heterocycles. The van der Waals surface area contributed by atoms with Crippen LogP contribution in [0.25, 0.3) is 0 Å². The van der Waals surface area contributed by atoms with E-state index in [1.165, 1.54) is 49.2 Å². The molecule has 1 aromatic heterocycles. The van der Waals surface area contributed by atoms with Crippen molar-refractivity contribution in [1.29, 1.82) is 0 Å². The molecule has 0 radical (unpaired) electrons. The van der Waals surface area contributed by atoms with Gasteiger partial charge in [-0.1, -0.05) is 17.2 Å². The quantitative estimate of drug-likeness (QED) is 0.262. The Morgan fingerprint density at radius 1 is 1.16 bits per heavy atom. The number of nitrogens with one attached hydrogen (secondary N) is 1. The van der Waals surface area contributed by atoms with E-state index in [4.69, 9.17) is 9.47 Å². The second-order valence-corrected chi connectivity index (χ2v) is 6.66. The van der Waals surface area contributed by atoms with Crippen LogP contribution in [0.15, 0.2) is 59.8 Å². The van der Waals surface area contributed by atoms with Crippen molar-refractivity contribution in [2.45, 2.75) is 6.04 Å². The maximum Gasteiger partial charge on any atom is 0.355 e. The number of allylic oxidation sites excluding steroid dienone is 1. The lowest BCUT2D eigenvalue weighted by atomic mass is 9.89. The number of Topliss-reactive ketones (excluding diaryl/α,β-unsaturated/α-hetero) is 1. The Balaban J connectivity index is 1.92. The molecule has 1 N–H and O–H groups in total. The fourth-order valence-corrected chi connectivity index (χ4v) is 3.39. The van der Waals surface area contributed by atoms with Crippen molar-refractivity contribution in [2.75, 3.05) is 19.5 Å². The van der Waals surface area contributed by atoms with Crippen LogP contribution in [0, 0.1) is 10.1 Å². The van der Waals surface area contributed by atoms with Gasteiger partial charge in [-0.25, -0.2) is 4.79 Å². The first-order chi connectivity index (χ1) is 15.4. The third-order valence-electron chi connectivity index (χ3n) is 4.90. The van der Waals surface area contributed by atoms with E-state index in [0.717, 1.165) is 0 Å². The van der Waals surface area contributed by atoms with E-state index in [1.54, 1.807) is 18.2 Å². The number of carbonyl (C=O) groups excluding carboxylic acids is 2. The lowest BCUT2D eigenvalue weighted by molar-refractivity contribution is -0.384. The highest BCUT2D eigenvalue weighted by Crippen LogP contribution is 2.37. The number of aromatic nitrogens is 4. The molecular weight excluding hydrogens is 420 g/mol. The lowest BCUT2D eigenvalue weighted by Gasteiger charge is -2.28. The maximum absolute atomic E-state index is 13.6. The van der Waals surface area contributed by atoms with Gasteiger partial charge < -0.3 is 14.8 Å². The number of rotatable bonds is 6. The van der Waals surface area contributed by atoms with Crippen LogP contribution in [0.3, 0.4) is 0 Å². The molecule has 0 bridgehead atoms. The average molecular weight is 436 g/mol. The van der Waals surface area contributed by atoms with Gasteiger partial charge in [-0.05, 0) is 40.3 Å². The second-order valence-electron chi connectivity index (χ2n) is 6.66. The molecule has 0 fully saturated rings. The van der Waals surface area contributed by atoms with Gasteiger partial charge in [0.05, 0.1) is 24.7 Å². The Morgan fingerprint density at radius 2 is 1.91 bits per heavy atom. The van der Waals surface area contributed by atoms with E-state index in [0.29, 0.717) is 11.3 Å². The van der Waals surface area contributed by atoms with Crippen LogP contribution in [0.1, 0.15) is 22.0 Å². The SMILES string of the molecule is COC(=O)C1=C(C(=O)c2cccc(OC)c2)[C@@H](c2ccc([N+](=O)[O-])cc2)n2nnnc2N1. The summed E-state index contributed by atoms with van der Waals surface area (Å²) in [6, 6.07) is 11.0. The third-order valence-corrected chi connectivity index (χ3v) is 4.90. The molecule has 1 atom stereocenters. The topological polar surface area (TPSA) is 151 Å². The van der Waals surface area contributed by atoms with Gasteiger partial charge in [0.2, 0.25) is 5.95 Å². The summed E-state index contributed by atoms with van der Waals surface area (Å²) in [5.41, 5.74) is 0.464. The van der Waals surface area contributed by atoms with Crippen molar-refractivity contribution in [3.05, 3.63) is 81.0 Å². The number of nitro benzene ring substituents is 1. The first-order valence-corrected chi connectivity index (χ1v) is 9.25. The molecule has 0 saturated carbocycles. The van der Waals surface area contributed by atoms with Crippen molar-refractivity contribution in [1.82, 2.24) is 20.2 Å². The van der Waals surface area contributed by atoms with Gasteiger partial charge in [0.1, 0.15) is 17.5 Å². The summed E-state index contributed by atoms with van der Waals surface area (Å²) in [6.45, 7) is 0. The molecule has 0 unspecified atom stereocenters. The molecule has 0 amide bonds. The van der Waals surface area contributed by atoms with Crippen LogP contribution in [-0.4, -0.2) is 51.1 Å². The molecule has 12 nitrogen and oxygen atoms in total. The summed E-state index contributed by atoms with van der Waals surface area (Å²) in [6.07, 6.45) is 0. The van der Waals surface area contributed by atoms with Gasteiger partial charge in [0.15, 0.2) is 5.78 Å². The Kier molecular flexibility index (Phi) is 5.33. The number of benzene rings is 2. The number of methoxy groups -OCH3 is 2. The highest BCUT2D eigenvalue weighted by molar-refractivity contribution is 6.15. The molecule has 12 heteroatoms. The standard InChI is InChI=1S/C20H16N6O6/c1-31-14-5-3-4-12(10-14)18(27)15-16(19(28)32-2)21-20-22-23-24-25(20)17(15)11-6-8-13(9-7-11)26(29)30/h3-10,17H,1-2H3,(H,21,22,24)/t17-/m1/s1. The average Bonchev–Trinajstić information content (AvgIpc) is 3.30. The van der Waals surface area contributed by atoms with Gasteiger partial charge in [0.25, 0.3) is 5.69 Å². The number of tetrazole rings is 1. The Hall–Kier alpha value is -4.61. The monoisotopic (exact) mass is 436 g/mol. The number of nitro groups is 1. The van der Waals surface area contributed by atoms with Crippen LogP contribution in [-0.2, 0) is 9.53 Å². The maximum atomic E-state index is 13.6. The number of nitrogens with zero attached hydrogens (tertiary/aromatic N) is 5. The van der Waals surface area contributed by atoms with E-state index < -0.39 is 22.7 Å². The molecule has 1 aliphatic rings. The molecule has 0 aliphatic carbocycles. The number of ketones is 1. The molecule has 32 heavy (non-hydrogen) atoms. The zero-order valence-electron chi connectivity index (χ0n) is 16.9. The highest BCUT2D eigenvalue weighted by atomic mass is 16.6. The van der Waals surface area contributed by atoms with Crippen LogP contribution >= 0.6 is 0 Å². The Morgan fingerprint density at radius 3 is 2.56 bits per heavy atom. The number of hydrogen-bond acceptors (Lipinski definition) is 10. The third kappa shape index (κ3) is 3.53. The minimum atomic E-state index is -0.949. The number of carbonyl (C=O) groups is 2. The summed E-state index contributed by atoms with van der Waals surface area (Å²) < 4.78 is 11.4. The largest absolute Gasteiger partial charge is 0.497 e. The number of ether oxygens (including phenoxy) is 2. The van der Waals surface area contributed by atoms with E-state index in [-0.39, 0.29) is 28.5 Å². The van der Waals surface area contributed by atoms with Crippen LogP contribution in [0.5, 0.6) is 5.75 Å². The van der Waals surface area contributed by atoms with Crippen molar-refractivity contribution in [3.63, 3.8) is 0 Å². The van der Waals surface area contributed by atoms with Crippen LogP contribution in [0.2, 0.25) is 0 Å². The van der Waals surface area contributed by atoms with Crippen molar-refractivity contribution in [3.8, 4) is 5.75 Å². The van der Waals surface area contributed by atoms with Gasteiger partial charge in [0, 0.05) is 17.7 Å². The molecule has 0 saturated heterocycles. The normalized spacial score (nSPS) is 14.9. The molecule has 162 valence electrons. The second kappa shape index (κ2) is 8.26. The zero-order valence-corrected chi connectivity index (χ0v) is 16.9. The fraction of sp³-hybridized carbons (Fsp3) is 0.150. The molecular formula is C20H16N6O6. The fourth-order valence-electron chi connectivity index (χ4n) is 3.39. The number of hydrogen-bond donors (Lipinski definition) is 1. The number of non-ortho nitro benzene ring substituents is 1. The van der Waals surface area contributed by atoms with Gasteiger partial charge >= 0.3 is 5.97 Å². The summed E-state index contributed by atoms with van der Waals surface area (Å²) in [5, 5.41) is 25.2. The predicted octanol–water partition coefficient (Wildman–Crippen LogP) is 1.91. The Labute approximate surface area is 180 Å². The predicted molar refractivity (Wildman–Crippen MR) is 109 cm³/mol. The van der Waals surface area contributed by atoms with Crippen molar-refractivity contribution < 1.29 is 24.0 Å². The minimum absolute atomic E-state index is 0.0127. The van der Waals surface area contributed by atoms with Crippen molar-refractivity contribution in [2.24, 2.45) is 0 Å². The first-order valence-electron chi connectivity index (χ1n) is 9.25. The van der Waals surface area contributed by atoms with Crippen LogP contribution < -0.4 is 10.1 Å². The molecule has 2 aromatic carbocycles. The van der Waals surface area contributed by atoms with E-state index >= 15 is 0 Å². The number of fused-ring (bicyclic) bond motifs is 1. The number of anilines is 1. The van der Waals surface area contributed by atoms with E-state index in [2.05, 4.69) is 20.8 Å². The van der Waals surface area contributed by atoms with Gasteiger partial charge in [-0.2, -0.15) is 4.68 Å². The summed E-state index contributed by atoms with van der Waals surface area (Å²) >= 11 is 0. The minimum Gasteiger partial charge on any atom is -0.497 e. The summed E-state index contributed by atoms with van der Waals surface area (Å²) in [7, 11) is 2.65. The van der Waals surface area contributed by atoms with Crippen molar-refractivity contribution >= 4 is 23.4 Å². The molecule has 0 spiro atoms. The van der Waals surface area contributed by atoms with Crippen LogP contribution in [0.4, 0.5) is 11.6 Å².